The zero-order chi connectivity index (χ0) is 34.7. The highest BCUT2D eigenvalue weighted by Crippen LogP contribution is 2.32. The third-order valence-corrected chi connectivity index (χ3v) is 8.76. The number of nitrogens with zero attached hydrogens (tertiary/aromatic N) is 3. The fraction of sp³-hybridized carbons (Fsp3) is 0.750. The molecule has 0 radical (unpaired) electrons. The standard InChI is InChI=1S/C36H63N5O5/c1-24(2)27(17-26-13-14-31(45-11)32(18-26)46-16-12-15-44-10)19-29(37)30(42)20-28(25(3)4)34(43)38-22-36(8,9)23-41-21-33(39-40-41)35(5,6)7/h13-14,18,21,24-25,27-30,42H,12,15-17,19-20,22-23,37H2,1-11H3,(H,38,43)/t27-,28-,29-,30-/m0/s1. The molecule has 10 nitrogen and oxygen atoms in total. The maximum absolute atomic E-state index is 13.4. The molecular weight excluding hydrogens is 582 g/mol. The van der Waals surface area contributed by atoms with Gasteiger partial charge < -0.3 is 30.4 Å². The van der Waals surface area contributed by atoms with Crippen LogP contribution in [0.15, 0.2) is 24.4 Å². The Kier molecular flexibility index (Phi) is 15.5. The van der Waals surface area contributed by atoms with Crippen LogP contribution in [0, 0.1) is 29.1 Å². The first-order valence-corrected chi connectivity index (χ1v) is 16.9. The van der Waals surface area contributed by atoms with E-state index >= 15 is 0 Å². The van der Waals surface area contributed by atoms with Crippen molar-refractivity contribution in [1.29, 1.82) is 0 Å². The number of carbonyl (C=O) groups excluding carboxylic acids is 1. The van der Waals surface area contributed by atoms with Gasteiger partial charge >= 0.3 is 0 Å². The Balaban J connectivity index is 2.00. The summed E-state index contributed by atoms with van der Waals surface area (Å²) >= 11 is 0. The molecule has 0 unspecified atom stereocenters. The molecule has 0 bridgehead atoms. The molecule has 1 aromatic heterocycles. The van der Waals surface area contributed by atoms with Crippen molar-refractivity contribution in [3.05, 3.63) is 35.7 Å². The van der Waals surface area contributed by atoms with Crippen LogP contribution >= 0.6 is 0 Å². The number of aromatic nitrogens is 3. The summed E-state index contributed by atoms with van der Waals surface area (Å²) in [5.41, 5.74) is 8.39. The second-order valence-corrected chi connectivity index (χ2v) is 15.4. The van der Waals surface area contributed by atoms with E-state index in [4.69, 9.17) is 19.9 Å². The van der Waals surface area contributed by atoms with Gasteiger partial charge in [0.1, 0.15) is 0 Å². The van der Waals surface area contributed by atoms with E-state index in [0.717, 1.165) is 24.1 Å². The normalized spacial score (nSPS) is 15.1. The highest BCUT2D eigenvalue weighted by Gasteiger charge is 2.31. The van der Waals surface area contributed by atoms with E-state index in [-0.39, 0.29) is 34.5 Å². The van der Waals surface area contributed by atoms with Gasteiger partial charge in [0.25, 0.3) is 0 Å². The zero-order valence-electron chi connectivity index (χ0n) is 30.4. The number of carbonyl (C=O) groups is 1. The van der Waals surface area contributed by atoms with E-state index < -0.39 is 12.1 Å². The molecule has 2 aromatic rings. The van der Waals surface area contributed by atoms with Crippen molar-refractivity contribution in [2.75, 3.05) is 34.0 Å². The van der Waals surface area contributed by atoms with Crippen molar-refractivity contribution in [3.63, 3.8) is 0 Å². The van der Waals surface area contributed by atoms with Gasteiger partial charge in [-0.05, 0) is 54.7 Å². The van der Waals surface area contributed by atoms with Gasteiger partial charge in [0, 0.05) is 62.2 Å². The lowest BCUT2D eigenvalue weighted by molar-refractivity contribution is -0.128. The SMILES string of the molecule is COCCCOc1cc(C[C@@H](C[C@H](N)[C@@H](O)C[C@H](C(=O)NCC(C)(C)Cn2cc(C(C)(C)C)nn2)C(C)C)C(C)C)ccc1OC. The molecule has 46 heavy (non-hydrogen) atoms. The minimum Gasteiger partial charge on any atom is -0.493 e. The van der Waals surface area contributed by atoms with E-state index in [9.17, 15) is 9.90 Å². The minimum atomic E-state index is -0.797. The smallest absolute Gasteiger partial charge is 0.223 e. The molecule has 0 saturated heterocycles. The number of rotatable bonds is 20. The Bertz CT molecular complexity index is 1190. The number of aliphatic hydroxyl groups excluding tert-OH is 1. The number of benzene rings is 1. The van der Waals surface area contributed by atoms with E-state index in [2.05, 4.69) is 70.2 Å². The second-order valence-electron chi connectivity index (χ2n) is 15.4. The lowest BCUT2D eigenvalue weighted by atomic mass is 9.80. The molecule has 0 saturated carbocycles. The quantitative estimate of drug-likeness (QED) is 0.163. The molecular formula is C36H63N5O5. The largest absolute Gasteiger partial charge is 0.493 e. The zero-order valence-corrected chi connectivity index (χ0v) is 30.4. The number of aliphatic hydroxyl groups is 1. The van der Waals surface area contributed by atoms with Gasteiger partial charge in [-0.1, -0.05) is 73.6 Å². The summed E-state index contributed by atoms with van der Waals surface area (Å²) in [6.07, 6.45) is 3.73. The van der Waals surface area contributed by atoms with Gasteiger partial charge in [0.15, 0.2) is 11.5 Å². The molecule has 0 spiro atoms. The molecule has 0 aliphatic heterocycles. The first-order chi connectivity index (χ1) is 21.5. The highest BCUT2D eigenvalue weighted by molar-refractivity contribution is 5.79. The maximum Gasteiger partial charge on any atom is 0.223 e. The van der Waals surface area contributed by atoms with Gasteiger partial charge in [-0.15, -0.1) is 5.10 Å². The summed E-state index contributed by atoms with van der Waals surface area (Å²) in [5.74, 6) is 1.64. The predicted octanol–water partition coefficient (Wildman–Crippen LogP) is 5.40. The van der Waals surface area contributed by atoms with Crippen molar-refractivity contribution in [1.82, 2.24) is 20.3 Å². The molecule has 10 heteroatoms. The Hall–Kier alpha value is -2.69. The average Bonchev–Trinajstić information content (AvgIpc) is 3.44. The molecule has 0 aliphatic rings. The Morgan fingerprint density at radius 3 is 2.28 bits per heavy atom. The number of nitrogens with two attached hydrogens (primary N) is 1. The number of methoxy groups -OCH3 is 2. The molecule has 0 aliphatic carbocycles. The van der Waals surface area contributed by atoms with Crippen LogP contribution in [-0.2, 0) is 27.9 Å². The average molecular weight is 646 g/mol. The van der Waals surface area contributed by atoms with E-state index in [1.807, 2.05) is 36.9 Å². The number of amides is 1. The molecule has 1 amide bonds. The molecule has 1 heterocycles. The lowest BCUT2D eigenvalue weighted by Gasteiger charge is -2.31. The lowest BCUT2D eigenvalue weighted by Crippen LogP contribution is -2.44. The summed E-state index contributed by atoms with van der Waals surface area (Å²) in [7, 11) is 3.32. The van der Waals surface area contributed by atoms with Crippen LogP contribution in [0.3, 0.4) is 0 Å². The van der Waals surface area contributed by atoms with Crippen LogP contribution in [0.25, 0.3) is 0 Å². The van der Waals surface area contributed by atoms with Crippen LogP contribution in [-0.4, -0.2) is 72.1 Å². The van der Waals surface area contributed by atoms with Crippen LogP contribution in [0.1, 0.15) is 92.8 Å². The van der Waals surface area contributed by atoms with Crippen LogP contribution in [0.5, 0.6) is 11.5 Å². The summed E-state index contributed by atoms with van der Waals surface area (Å²) in [4.78, 5) is 13.4. The van der Waals surface area contributed by atoms with Crippen molar-refractivity contribution in [3.8, 4) is 11.5 Å². The van der Waals surface area contributed by atoms with Crippen molar-refractivity contribution < 1.29 is 24.1 Å². The minimum absolute atomic E-state index is 0.0529. The fourth-order valence-corrected chi connectivity index (χ4v) is 5.54. The number of ether oxygens (including phenoxy) is 3. The molecule has 4 atom stereocenters. The van der Waals surface area contributed by atoms with Crippen LogP contribution < -0.4 is 20.5 Å². The molecule has 2 rings (SSSR count). The number of hydrogen-bond donors (Lipinski definition) is 3. The summed E-state index contributed by atoms with van der Waals surface area (Å²) < 4.78 is 18.5. The van der Waals surface area contributed by atoms with Crippen molar-refractivity contribution in [2.45, 2.75) is 112 Å². The Labute approximate surface area is 278 Å². The van der Waals surface area contributed by atoms with E-state index in [1.54, 1.807) is 14.2 Å². The van der Waals surface area contributed by atoms with Crippen molar-refractivity contribution >= 4 is 5.91 Å². The van der Waals surface area contributed by atoms with Crippen LogP contribution in [0.2, 0.25) is 0 Å². The van der Waals surface area contributed by atoms with Crippen molar-refractivity contribution in [2.24, 2.45) is 34.8 Å². The first kappa shape index (κ1) is 39.5. The molecule has 1 aromatic carbocycles. The third-order valence-electron chi connectivity index (χ3n) is 8.76. The second kappa shape index (κ2) is 18.0. The number of hydrogen-bond acceptors (Lipinski definition) is 8. The molecule has 262 valence electrons. The van der Waals surface area contributed by atoms with Gasteiger partial charge in [0.2, 0.25) is 5.91 Å². The van der Waals surface area contributed by atoms with Gasteiger partial charge in [-0.3, -0.25) is 9.48 Å². The van der Waals surface area contributed by atoms with E-state index in [1.165, 1.54) is 0 Å². The van der Waals surface area contributed by atoms with Gasteiger partial charge in [0.05, 0.1) is 25.5 Å². The van der Waals surface area contributed by atoms with E-state index in [0.29, 0.717) is 56.6 Å². The van der Waals surface area contributed by atoms with Gasteiger partial charge in [-0.25, -0.2) is 0 Å². The molecule has 0 fully saturated rings. The maximum atomic E-state index is 13.4. The summed E-state index contributed by atoms with van der Waals surface area (Å²) in [6, 6.07) is 5.58. The monoisotopic (exact) mass is 645 g/mol. The topological polar surface area (TPSA) is 134 Å². The fourth-order valence-electron chi connectivity index (χ4n) is 5.54. The Morgan fingerprint density at radius 1 is 1.02 bits per heavy atom. The summed E-state index contributed by atoms with van der Waals surface area (Å²) in [6.45, 7) is 21.2. The summed E-state index contributed by atoms with van der Waals surface area (Å²) in [5, 5.41) is 23.0. The predicted molar refractivity (Wildman–Crippen MR) is 184 cm³/mol. The van der Waals surface area contributed by atoms with Gasteiger partial charge in [-0.2, -0.15) is 0 Å². The number of nitrogens with one attached hydrogen (secondary N) is 1. The Morgan fingerprint density at radius 2 is 1.72 bits per heavy atom. The first-order valence-electron chi connectivity index (χ1n) is 16.9. The third kappa shape index (κ3) is 12.8. The molecule has 4 N–H and O–H groups in total. The van der Waals surface area contributed by atoms with Crippen LogP contribution in [0.4, 0.5) is 0 Å². The highest BCUT2D eigenvalue weighted by atomic mass is 16.5.